The summed E-state index contributed by atoms with van der Waals surface area (Å²) in [6, 6.07) is 12.9. The first-order valence-corrected chi connectivity index (χ1v) is 9.62. The minimum atomic E-state index is -0.444. The number of nitrogens with one attached hydrogen (secondary N) is 1. The number of amides is 1. The lowest BCUT2D eigenvalue weighted by Gasteiger charge is -2.34. The molecule has 0 aromatic heterocycles. The Bertz CT molecular complexity index is 839. The minimum absolute atomic E-state index is 0.0992. The Morgan fingerprint density at radius 2 is 1.66 bits per heavy atom. The van der Waals surface area contributed by atoms with Crippen LogP contribution in [0, 0.1) is 13.8 Å². The molecule has 0 spiro atoms. The van der Waals surface area contributed by atoms with E-state index < -0.39 is 6.04 Å². The van der Waals surface area contributed by atoms with Gasteiger partial charge in [-0.3, -0.25) is 4.79 Å². The Hall–Kier alpha value is -2.86. The van der Waals surface area contributed by atoms with Crippen LogP contribution < -0.4 is 10.1 Å². The van der Waals surface area contributed by atoms with Gasteiger partial charge in [0.1, 0.15) is 12.4 Å². The number of ether oxygens (including phenoxy) is 2. The van der Waals surface area contributed by atoms with Crippen LogP contribution in [0.2, 0.25) is 0 Å². The number of anilines is 1. The molecule has 1 atom stereocenters. The van der Waals surface area contributed by atoms with Gasteiger partial charge in [-0.1, -0.05) is 30.3 Å². The number of methoxy groups -OCH3 is 1. The van der Waals surface area contributed by atoms with E-state index in [-0.39, 0.29) is 29.5 Å². The second-order valence-electron chi connectivity index (χ2n) is 7.88. The number of benzene rings is 2. The largest absolute Gasteiger partial charge is 0.497 e. The van der Waals surface area contributed by atoms with Crippen molar-refractivity contribution >= 4 is 17.6 Å². The Kier molecular flexibility index (Phi) is 7.40. The van der Waals surface area contributed by atoms with Crippen molar-refractivity contribution in [2.45, 2.75) is 33.4 Å². The maximum atomic E-state index is 12.9. The number of esters is 1. The maximum absolute atomic E-state index is 12.9. The number of rotatable bonds is 8. The summed E-state index contributed by atoms with van der Waals surface area (Å²) in [7, 11) is 5.31. The summed E-state index contributed by atoms with van der Waals surface area (Å²) >= 11 is 0. The van der Waals surface area contributed by atoms with Gasteiger partial charge in [-0.05, 0) is 49.6 Å². The molecular formula is C23H31N2O4+. The fourth-order valence-electron chi connectivity index (χ4n) is 3.04. The van der Waals surface area contributed by atoms with Gasteiger partial charge < -0.3 is 19.3 Å². The minimum Gasteiger partial charge on any atom is -0.497 e. The van der Waals surface area contributed by atoms with Crippen LogP contribution in [0.25, 0.3) is 0 Å². The summed E-state index contributed by atoms with van der Waals surface area (Å²) in [6.07, 6.45) is 0. The van der Waals surface area contributed by atoms with Gasteiger partial charge in [0, 0.05) is 5.69 Å². The third-order valence-corrected chi connectivity index (χ3v) is 5.20. The Labute approximate surface area is 173 Å². The zero-order valence-electron chi connectivity index (χ0n) is 18.1. The Morgan fingerprint density at radius 1 is 1.07 bits per heavy atom. The molecule has 2 aromatic rings. The number of hydrogen-bond acceptors (Lipinski definition) is 4. The topological polar surface area (TPSA) is 64.6 Å². The maximum Gasteiger partial charge on any atom is 0.362 e. The fraction of sp³-hybridized carbons (Fsp3) is 0.391. The molecule has 156 valence electrons. The van der Waals surface area contributed by atoms with Gasteiger partial charge in [0.2, 0.25) is 0 Å². The molecule has 2 aromatic carbocycles. The Morgan fingerprint density at radius 3 is 2.21 bits per heavy atom. The molecule has 1 N–H and O–H groups in total. The highest BCUT2D eigenvalue weighted by Gasteiger charge is 2.33. The molecule has 6 heteroatoms. The third-order valence-electron chi connectivity index (χ3n) is 5.20. The average molecular weight is 400 g/mol. The van der Waals surface area contributed by atoms with E-state index in [1.807, 2.05) is 77.3 Å². The molecule has 2 rings (SSSR count). The highest BCUT2D eigenvalue weighted by Crippen LogP contribution is 2.26. The SMILES string of the molecule is COc1cc(C)c(NC(=O)C(C)[N+](C)(C)CC(=O)OCc2ccccc2)c(C)c1. The third kappa shape index (κ3) is 6.06. The lowest BCUT2D eigenvalue weighted by Crippen LogP contribution is -2.55. The number of aryl methyl sites for hydroxylation is 2. The van der Waals surface area contributed by atoms with Crippen LogP contribution in [0.4, 0.5) is 5.69 Å². The summed E-state index contributed by atoms with van der Waals surface area (Å²) in [5.41, 5.74) is 3.56. The summed E-state index contributed by atoms with van der Waals surface area (Å²) in [5.74, 6) is 0.265. The van der Waals surface area contributed by atoms with Crippen molar-refractivity contribution in [3.8, 4) is 5.75 Å². The van der Waals surface area contributed by atoms with Crippen molar-refractivity contribution in [3.05, 3.63) is 59.2 Å². The summed E-state index contributed by atoms with van der Waals surface area (Å²) in [4.78, 5) is 25.2. The molecule has 6 nitrogen and oxygen atoms in total. The van der Waals surface area contributed by atoms with Crippen molar-refractivity contribution in [3.63, 3.8) is 0 Å². The monoisotopic (exact) mass is 399 g/mol. The van der Waals surface area contributed by atoms with E-state index in [0.29, 0.717) is 0 Å². The smallest absolute Gasteiger partial charge is 0.362 e. The highest BCUT2D eigenvalue weighted by molar-refractivity contribution is 5.95. The van der Waals surface area contributed by atoms with Crippen LogP contribution in [0.1, 0.15) is 23.6 Å². The zero-order valence-corrected chi connectivity index (χ0v) is 18.1. The van der Waals surface area contributed by atoms with Crippen molar-refractivity contribution in [1.82, 2.24) is 0 Å². The second kappa shape index (κ2) is 9.56. The average Bonchev–Trinajstić information content (AvgIpc) is 2.68. The molecule has 0 bridgehead atoms. The number of hydrogen-bond donors (Lipinski definition) is 1. The first-order chi connectivity index (χ1) is 13.6. The Balaban J connectivity index is 1.99. The van der Waals surface area contributed by atoms with E-state index in [4.69, 9.17) is 9.47 Å². The van der Waals surface area contributed by atoms with E-state index in [9.17, 15) is 9.59 Å². The summed E-state index contributed by atoms with van der Waals surface area (Å²) in [6.45, 7) is 5.99. The molecule has 0 saturated carbocycles. The highest BCUT2D eigenvalue weighted by atomic mass is 16.5. The quantitative estimate of drug-likeness (QED) is 0.545. The predicted octanol–water partition coefficient (Wildman–Crippen LogP) is 3.46. The summed E-state index contributed by atoms with van der Waals surface area (Å²) in [5, 5.41) is 3.00. The van der Waals surface area contributed by atoms with Gasteiger partial charge in [-0.2, -0.15) is 0 Å². The first-order valence-electron chi connectivity index (χ1n) is 9.62. The number of likely N-dealkylation sites (N-methyl/N-ethyl adjacent to an activating group) is 1. The van der Waals surface area contributed by atoms with Crippen molar-refractivity contribution < 1.29 is 23.5 Å². The molecule has 0 radical (unpaired) electrons. The molecule has 1 amide bonds. The zero-order chi connectivity index (χ0) is 21.6. The van der Waals surface area contributed by atoms with Crippen LogP contribution in [-0.2, 0) is 20.9 Å². The van der Waals surface area contributed by atoms with Gasteiger partial charge in [-0.25, -0.2) is 4.79 Å². The van der Waals surface area contributed by atoms with Crippen molar-refractivity contribution in [1.29, 1.82) is 0 Å². The second-order valence-corrected chi connectivity index (χ2v) is 7.88. The van der Waals surface area contributed by atoms with Crippen LogP contribution in [0.3, 0.4) is 0 Å². The number of quaternary nitrogens is 1. The molecule has 29 heavy (non-hydrogen) atoms. The van der Waals surface area contributed by atoms with Gasteiger partial charge >= 0.3 is 5.97 Å². The lowest BCUT2D eigenvalue weighted by molar-refractivity contribution is -0.896. The van der Waals surface area contributed by atoms with Gasteiger partial charge in [0.05, 0.1) is 21.2 Å². The molecule has 0 aliphatic heterocycles. The molecule has 0 saturated heterocycles. The molecule has 0 aliphatic rings. The van der Waals surface area contributed by atoms with E-state index in [0.717, 1.165) is 28.1 Å². The van der Waals surface area contributed by atoms with Gasteiger partial charge in [0.15, 0.2) is 12.6 Å². The van der Waals surface area contributed by atoms with Gasteiger partial charge in [0.25, 0.3) is 5.91 Å². The normalized spacial score (nSPS) is 12.2. The van der Waals surface area contributed by atoms with Gasteiger partial charge in [-0.15, -0.1) is 0 Å². The van der Waals surface area contributed by atoms with Crippen molar-refractivity contribution in [2.24, 2.45) is 0 Å². The van der Waals surface area contributed by atoms with E-state index in [2.05, 4.69) is 5.32 Å². The van der Waals surface area contributed by atoms with E-state index in [1.165, 1.54) is 0 Å². The number of carbonyl (C=O) groups excluding carboxylic acids is 2. The van der Waals surface area contributed by atoms with Crippen LogP contribution in [0.15, 0.2) is 42.5 Å². The first kappa shape index (κ1) is 22.4. The molecular weight excluding hydrogens is 368 g/mol. The molecule has 0 heterocycles. The predicted molar refractivity (Wildman–Crippen MR) is 114 cm³/mol. The van der Waals surface area contributed by atoms with E-state index >= 15 is 0 Å². The molecule has 1 unspecified atom stereocenters. The standard InChI is InChI=1S/C23H30N2O4/c1-16-12-20(28-6)13-17(2)22(16)24-23(27)18(3)25(4,5)14-21(26)29-15-19-10-8-7-9-11-19/h7-13,18H,14-15H2,1-6H3/p+1. The number of nitrogens with zero attached hydrogens (tertiary/aromatic N) is 1. The molecule has 0 aliphatic carbocycles. The number of carbonyl (C=O) groups is 2. The van der Waals surface area contributed by atoms with E-state index in [1.54, 1.807) is 7.11 Å². The fourth-order valence-corrected chi connectivity index (χ4v) is 3.04. The van der Waals surface area contributed by atoms with Crippen LogP contribution in [-0.4, -0.2) is 50.2 Å². The van der Waals surface area contributed by atoms with Crippen molar-refractivity contribution in [2.75, 3.05) is 33.1 Å². The van der Waals surface area contributed by atoms with Crippen LogP contribution in [0.5, 0.6) is 5.75 Å². The van der Waals surface area contributed by atoms with Crippen LogP contribution >= 0.6 is 0 Å². The summed E-state index contributed by atoms with van der Waals surface area (Å²) < 4.78 is 10.8. The lowest BCUT2D eigenvalue weighted by atomic mass is 10.1. The molecule has 0 fully saturated rings.